The van der Waals surface area contributed by atoms with Crippen molar-refractivity contribution in [2.75, 3.05) is 26.4 Å². The second-order valence-electron chi connectivity index (χ2n) is 4.96. The molecule has 1 unspecified atom stereocenters. The van der Waals surface area contributed by atoms with Crippen LogP contribution < -0.4 is 10.1 Å². The van der Waals surface area contributed by atoms with Crippen LogP contribution in [0.2, 0.25) is 0 Å². The van der Waals surface area contributed by atoms with Gasteiger partial charge in [0.25, 0.3) is 5.91 Å². The van der Waals surface area contributed by atoms with Crippen molar-refractivity contribution in [2.24, 2.45) is 0 Å². The van der Waals surface area contributed by atoms with E-state index in [1.807, 2.05) is 0 Å². The normalized spacial score (nSPS) is 21.6. The highest BCUT2D eigenvalue weighted by Crippen LogP contribution is 2.21. The molecule has 1 fully saturated rings. The minimum Gasteiger partial charge on any atom is -0.482 e. The molecular formula is C13H15F3N2O4. The van der Waals surface area contributed by atoms with Crippen LogP contribution in [0.5, 0.6) is 5.75 Å². The van der Waals surface area contributed by atoms with Gasteiger partial charge in [0.2, 0.25) is 0 Å². The first kappa shape index (κ1) is 16.5. The fourth-order valence-electron chi connectivity index (χ4n) is 1.90. The molecule has 1 aliphatic rings. The molecule has 0 radical (unpaired) electrons. The van der Waals surface area contributed by atoms with Crippen LogP contribution >= 0.6 is 0 Å². The van der Waals surface area contributed by atoms with Gasteiger partial charge in [0, 0.05) is 25.8 Å². The molecule has 2 N–H and O–H groups in total. The molecule has 1 atom stereocenters. The van der Waals surface area contributed by atoms with Gasteiger partial charge in [0.05, 0.1) is 6.61 Å². The Morgan fingerprint density at radius 1 is 1.55 bits per heavy atom. The maximum atomic E-state index is 12.2. The van der Waals surface area contributed by atoms with Crippen molar-refractivity contribution in [1.82, 2.24) is 10.3 Å². The number of alkyl halides is 3. The molecule has 0 saturated carbocycles. The number of aromatic nitrogens is 1. The van der Waals surface area contributed by atoms with E-state index >= 15 is 0 Å². The van der Waals surface area contributed by atoms with Crippen molar-refractivity contribution >= 4 is 5.91 Å². The van der Waals surface area contributed by atoms with Gasteiger partial charge in [0.1, 0.15) is 5.60 Å². The van der Waals surface area contributed by atoms with Crippen molar-refractivity contribution in [3.05, 3.63) is 24.0 Å². The van der Waals surface area contributed by atoms with Gasteiger partial charge in [0.15, 0.2) is 18.1 Å². The molecule has 1 saturated heterocycles. The van der Waals surface area contributed by atoms with Crippen LogP contribution in [-0.4, -0.2) is 54.1 Å². The molecule has 0 bridgehead atoms. The summed E-state index contributed by atoms with van der Waals surface area (Å²) >= 11 is 0. The Hall–Kier alpha value is -1.87. The highest BCUT2D eigenvalue weighted by atomic mass is 19.4. The average molecular weight is 320 g/mol. The number of hydrogen-bond acceptors (Lipinski definition) is 5. The van der Waals surface area contributed by atoms with E-state index in [2.05, 4.69) is 15.0 Å². The number of nitrogens with zero attached hydrogens (tertiary/aromatic N) is 1. The second kappa shape index (κ2) is 6.49. The molecule has 0 aliphatic carbocycles. The number of hydrogen-bond donors (Lipinski definition) is 2. The first-order valence-electron chi connectivity index (χ1n) is 6.52. The highest BCUT2D eigenvalue weighted by molar-refractivity contribution is 5.94. The van der Waals surface area contributed by atoms with Crippen molar-refractivity contribution < 1.29 is 32.5 Å². The average Bonchev–Trinajstić information content (AvgIpc) is 2.89. The summed E-state index contributed by atoms with van der Waals surface area (Å²) in [6.45, 7) is -1.12. The largest absolute Gasteiger partial charge is 0.482 e. The SMILES string of the molecule is O=C(NCC1(O)CCOC1)c1ncccc1OCC(F)(F)F. The zero-order valence-electron chi connectivity index (χ0n) is 11.5. The molecule has 1 amide bonds. The number of amides is 1. The molecule has 122 valence electrons. The van der Waals surface area contributed by atoms with E-state index < -0.39 is 24.3 Å². The fraction of sp³-hybridized carbons (Fsp3) is 0.538. The maximum absolute atomic E-state index is 12.2. The predicted octanol–water partition coefficient (Wildman–Crippen LogP) is 0.904. The minimum absolute atomic E-state index is 0.0822. The van der Waals surface area contributed by atoms with Crippen molar-refractivity contribution in [1.29, 1.82) is 0 Å². The summed E-state index contributed by atoms with van der Waals surface area (Å²) in [7, 11) is 0. The first-order valence-corrected chi connectivity index (χ1v) is 6.52. The third-order valence-corrected chi connectivity index (χ3v) is 3.04. The van der Waals surface area contributed by atoms with Gasteiger partial charge < -0.3 is 19.9 Å². The summed E-state index contributed by atoms with van der Waals surface area (Å²) in [5.41, 5.74) is -1.44. The quantitative estimate of drug-likeness (QED) is 0.843. The number of pyridine rings is 1. The van der Waals surface area contributed by atoms with Gasteiger partial charge in [-0.3, -0.25) is 4.79 Å². The van der Waals surface area contributed by atoms with Crippen LogP contribution in [0.3, 0.4) is 0 Å². The van der Waals surface area contributed by atoms with Crippen molar-refractivity contribution in [2.45, 2.75) is 18.2 Å². The molecule has 1 aromatic rings. The fourth-order valence-corrected chi connectivity index (χ4v) is 1.90. The standard InChI is InChI=1S/C13H15F3N2O4/c14-13(15,16)8-22-9-2-1-4-17-10(9)11(19)18-6-12(20)3-5-21-7-12/h1-2,4,20H,3,5-8H2,(H,18,19). The lowest BCUT2D eigenvalue weighted by Gasteiger charge is -2.20. The Kier molecular flexibility index (Phi) is 4.87. The summed E-state index contributed by atoms with van der Waals surface area (Å²) < 4.78 is 46.2. The number of halogens is 3. The summed E-state index contributed by atoms with van der Waals surface area (Å²) in [5.74, 6) is -0.995. The summed E-state index contributed by atoms with van der Waals surface area (Å²) in [6, 6.07) is 2.59. The number of carbonyl (C=O) groups excluding carboxylic acids is 1. The monoisotopic (exact) mass is 320 g/mol. The molecular weight excluding hydrogens is 305 g/mol. The van der Waals surface area contributed by atoms with Crippen molar-refractivity contribution in [3.8, 4) is 5.75 Å². The third-order valence-electron chi connectivity index (χ3n) is 3.04. The molecule has 1 aromatic heterocycles. The topological polar surface area (TPSA) is 80.7 Å². The molecule has 2 heterocycles. The summed E-state index contributed by atoms with van der Waals surface area (Å²) in [5, 5.41) is 12.5. The highest BCUT2D eigenvalue weighted by Gasteiger charge is 2.33. The van der Waals surface area contributed by atoms with Gasteiger partial charge in [-0.15, -0.1) is 0 Å². The first-order chi connectivity index (χ1) is 10.3. The molecule has 9 heteroatoms. The number of carbonyl (C=O) groups is 1. The van der Waals surface area contributed by atoms with Gasteiger partial charge in [-0.2, -0.15) is 13.2 Å². The zero-order chi connectivity index (χ0) is 16.2. The smallest absolute Gasteiger partial charge is 0.422 e. The summed E-state index contributed by atoms with van der Waals surface area (Å²) in [4.78, 5) is 15.7. The molecule has 22 heavy (non-hydrogen) atoms. The van der Waals surface area contributed by atoms with Gasteiger partial charge in [-0.05, 0) is 12.1 Å². The van der Waals surface area contributed by atoms with Gasteiger partial charge in [-0.25, -0.2) is 4.98 Å². The van der Waals surface area contributed by atoms with E-state index in [-0.39, 0.29) is 24.6 Å². The minimum atomic E-state index is -4.51. The van der Waals surface area contributed by atoms with Gasteiger partial charge >= 0.3 is 6.18 Å². The number of nitrogens with one attached hydrogen (secondary N) is 1. The number of ether oxygens (including phenoxy) is 2. The lowest BCUT2D eigenvalue weighted by Crippen LogP contribution is -2.43. The maximum Gasteiger partial charge on any atom is 0.422 e. The number of rotatable bonds is 5. The van der Waals surface area contributed by atoms with Crippen LogP contribution in [0.4, 0.5) is 13.2 Å². The van der Waals surface area contributed by atoms with E-state index in [1.54, 1.807) is 0 Å². The Morgan fingerprint density at radius 3 is 2.95 bits per heavy atom. The molecule has 6 nitrogen and oxygen atoms in total. The van der Waals surface area contributed by atoms with Crippen LogP contribution in [0, 0.1) is 0 Å². The molecule has 2 rings (SSSR count). The summed E-state index contributed by atoms with van der Waals surface area (Å²) in [6.07, 6.45) is -2.88. The van der Waals surface area contributed by atoms with Crippen LogP contribution in [0.25, 0.3) is 0 Å². The van der Waals surface area contributed by atoms with E-state index in [1.165, 1.54) is 18.3 Å². The molecule has 0 spiro atoms. The van der Waals surface area contributed by atoms with E-state index in [4.69, 9.17) is 4.74 Å². The van der Waals surface area contributed by atoms with Crippen LogP contribution in [0.15, 0.2) is 18.3 Å². The Bertz CT molecular complexity index is 530. The van der Waals surface area contributed by atoms with Gasteiger partial charge in [-0.1, -0.05) is 0 Å². The van der Waals surface area contributed by atoms with E-state index in [0.29, 0.717) is 13.0 Å². The number of aliphatic hydroxyl groups is 1. The van der Waals surface area contributed by atoms with Crippen LogP contribution in [-0.2, 0) is 4.74 Å². The lowest BCUT2D eigenvalue weighted by molar-refractivity contribution is -0.153. The lowest BCUT2D eigenvalue weighted by atomic mass is 10.0. The van der Waals surface area contributed by atoms with Crippen molar-refractivity contribution in [3.63, 3.8) is 0 Å². The Labute approximate surface area is 124 Å². The molecule has 1 aliphatic heterocycles. The predicted molar refractivity (Wildman–Crippen MR) is 68.5 cm³/mol. The van der Waals surface area contributed by atoms with E-state index in [0.717, 1.165) is 0 Å². The zero-order valence-corrected chi connectivity index (χ0v) is 11.5. The van der Waals surface area contributed by atoms with E-state index in [9.17, 15) is 23.1 Å². The second-order valence-corrected chi connectivity index (χ2v) is 4.96. The Balaban J connectivity index is 1.99. The molecule has 0 aromatic carbocycles. The third kappa shape index (κ3) is 4.57. The van der Waals surface area contributed by atoms with Crippen LogP contribution in [0.1, 0.15) is 16.9 Å². The Morgan fingerprint density at radius 2 is 2.32 bits per heavy atom.